The van der Waals surface area contributed by atoms with Crippen LogP contribution in [-0.4, -0.2) is 42.6 Å². The Kier molecular flexibility index (Phi) is 6.44. The standard InChI is InChI=1S/C13H22N2O5/c14-10(16)9-20-7-6-15-11(17)8-13(12(18)19)4-2-1-3-5-13/h1-9H2,(H2,14,16)(H,15,17)(H,18,19). The van der Waals surface area contributed by atoms with Crippen molar-refractivity contribution < 1.29 is 24.2 Å². The van der Waals surface area contributed by atoms with Gasteiger partial charge in [0, 0.05) is 13.0 Å². The van der Waals surface area contributed by atoms with Gasteiger partial charge in [-0.25, -0.2) is 0 Å². The van der Waals surface area contributed by atoms with E-state index < -0.39 is 17.3 Å². The van der Waals surface area contributed by atoms with Crippen LogP contribution in [0.2, 0.25) is 0 Å². The Morgan fingerprint density at radius 1 is 1.20 bits per heavy atom. The van der Waals surface area contributed by atoms with Crippen LogP contribution in [0.25, 0.3) is 0 Å². The van der Waals surface area contributed by atoms with E-state index in [4.69, 9.17) is 10.5 Å². The topological polar surface area (TPSA) is 119 Å². The molecule has 0 unspecified atom stereocenters. The minimum absolute atomic E-state index is 0.00183. The van der Waals surface area contributed by atoms with Crippen LogP contribution in [0.5, 0.6) is 0 Å². The molecule has 0 spiro atoms. The second kappa shape index (κ2) is 7.84. The molecule has 7 nitrogen and oxygen atoms in total. The van der Waals surface area contributed by atoms with Gasteiger partial charge in [-0.15, -0.1) is 0 Å². The van der Waals surface area contributed by atoms with Gasteiger partial charge in [-0.1, -0.05) is 19.3 Å². The van der Waals surface area contributed by atoms with Gasteiger partial charge >= 0.3 is 5.97 Å². The summed E-state index contributed by atoms with van der Waals surface area (Å²) in [5.74, 6) is -1.75. The predicted octanol–water partition coefficient (Wildman–Crippen LogP) is 0.0297. The Hall–Kier alpha value is -1.63. The van der Waals surface area contributed by atoms with E-state index in [0.717, 1.165) is 19.3 Å². The van der Waals surface area contributed by atoms with E-state index in [1.165, 1.54) is 0 Å². The molecule has 0 heterocycles. The van der Waals surface area contributed by atoms with Gasteiger partial charge in [0.05, 0.1) is 12.0 Å². The number of aliphatic carboxylic acids is 1. The first-order valence-electron chi connectivity index (χ1n) is 6.82. The number of hydrogen-bond donors (Lipinski definition) is 3. The number of primary amides is 1. The highest BCUT2D eigenvalue weighted by molar-refractivity contribution is 5.85. The van der Waals surface area contributed by atoms with Crippen LogP contribution in [-0.2, 0) is 19.1 Å². The van der Waals surface area contributed by atoms with E-state index >= 15 is 0 Å². The van der Waals surface area contributed by atoms with Gasteiger partial charge in [0.25, 0.3) is 0 Å². The Balaban J connectivity index is 2.32. The van der Waals surface area contributed by atoms with Crippen LogP contribution >= 0.6 is 0 Å². The summed E-state index contributed by atoms with van der Waals surface area (Å²) in [6.45, 7) is 0.228. The number of rotatable bonds is 8. The van der Waals surface area contributed by atoms with Crippen molar-refractivity contribution in [2.24, 2.45) is 11.1 Å². The molecule has 1 aliphatic rings. The molecule has 20 heavy (non-hydrogen) atoms. The molecule has 0 bridgehead atoms. The zero-order chi connectivity index (χ0) is 15.0. The summed E-state index contributed by atoms with van der Waals surface area (Å²) in [5, 5.41) is 12.0. The molecule has 0 aromatic rings. The maximum Gasteiger partial charge on any atom is 0.310 e. The third-order valence-corrected chi connectivity index (χ3v) is 3.58. The molecule has 1 aliphatic carbocycles. The minimum atomic E-state index is -0.920. The molecule has 0 aliphatic heterocycles. The monoisotopic (exact) mass is 286 g/mol. The summed E-state index contributed by atoms with van der Waals surface area (Å²) < 4.78 is 4.90. The Bertz CT molecular complexity index is 364. The summed E-state index contributed by atoms with van der Waals surface area (Å²) in [5.41, 5.74) is 3.97. The summed E-state index contributed by atoms with van der Waals surface area (Å²) in [4.78, 5) is 33.6. The van der Waals surface area contributed by atoms with Crippen LogP contribution < -0.4 is 11.1 Å². The highest BCUT2D eigenvalue weighted by Gasteiger charge is 2.41. The number of ether oxygens (including phenoxy) is 1. The van der Waals surface area contributed by atoms with Gasteiger partial charge in [-0.2, -0.15) is 0 Å². The molecule has 4 N–H and O–H groups in total. The molecule has 1 fully saturated rings. The van der Waals surface area contributed by atoms with E-state index in [2.05, 4.69) is 5.32 Å². The first kappa shape index (κ1) is 16.4. The van der Waals surface area contributed by atoms with E-state index in [-0.39, 0.29) is 32.1 Å². The van der Waals surface area contributed by atoms with Crippen molar-refractivity contribution in [3.63, 3.8) is 0 Å². The first-order valence-corrected chi connectivity index (χ1v) is 6.82. The third-order valence-electron chi connectivity index (χ3n) is 3.58. The second-order valence-electron chi connectivity index (χ2n) is 5.19. The largest absolute Gasteiger partial charge is 0.481 e. The van der Waals surface area contributed by atoms with Gasteiger partial charge in [0.15, 0.2) is 0 Å². The lowest BCUT2D eigenvalue weighted by Gasteiger charge is -2.32. The average molecular weight is 286 g/mol. The Morgan fingerprint density at radius 2 is 1.85 bits per heavy atom. The number of carbonyl (C=O) groups is 3. The van der Waals surface area contributed by atoms with Gasteiger partial charge in [-0.05, 0) is 12.8 Å². The Labute approximate surface area is 117 Å². The van der Waals surface area contributed by atoms with E-state index in [0.29, 0.717) is 12.8 Å². The first-order chi connectivity index (χ1) is 9.46. The number of nitrogens with one attached hydrogen (secondary N) is 1. The number of amides is 2. The zero-order valence-electron chi connectivity index (χ0n) is 11.5. The number of carboxylic acid groups (broad SMARTS) is 1. The molecular weight excluding hydrogens is 264 g/mol. The highest BCUT2D eigenvalue weighted by atomic mass is 16.5. The van der Waals surface area contributed by atoms with Gasteiger partial charge < -0.3 is 20.9 Å². The van der Waals surface area contributed by atoms with Crippen molar-refractivity contribution in [3.05, 3.63) is 0 Å². The fourth-order valence-electron chi connectivity index (χ4n) is 2.50. The molecule has 0 saturated heterocycles. The van der Waals surface area contributed by atoms with Crippen molar-refractivity contribution >= 4 is 17.8 Å². The Morgan fingerprint density at radius 3 is 2.40 bits per heavy atom. The molecule has 1 rings (SSSR count). The van der Waals surface area contributed by atoms with E-state index in [1.807, 2.05) is 0 Å². The van der Waals surface area contributed by atoms with Crippen LogP contribution in [0.4, 0.5) is 0 Å². The highest BCUT2D eigenvalue weighted by Crippen LogP contribution is 2.39. The molecule has 2 amide bonds. The number of carboxylic acids is 1. The van der Waals surface area contributed by atoms with Gasteiger partial charge in [-0.3, -0.25) is 14.4 Å². The normalized spacial score (nSPS) is 17.4. The lowest BCUT2D eigenvalue weighted by atomic mass is 9.71. The lowest BCUT2D eigenvalue weighted by molar-refractivity contribution is -0.154. The predicted molar refractivity (Wildman–Crippen MR) is 70.8 cm³/mol. The zero-order valence-corrected chi connectivity index (χ0v) is 11.5. The van der Waals surface area contributed by atoms with E-state index in [1.54, 1.807) is 0 Å². The summed E-state index contributed by atoms with van der Waals surface area (Å²) in [6.07, 6.45) is 3.82. The van der Waals surface area contributed by atoms with Crippen LogP contribution in [0, 0.1) is 5.41 Å². The number of hydrogen-bond acceptors (Lipinski definition) is 4. The smallest absolute Gasteiger partial charge is 0.310 e. The molecule has 114 valence electrons. The third kappa shape index (κ3) is 5.16. The van der Waals surface area contributed by atoms with Crippen molar-refractivity contribution in [1.29, 1.82) is 0 Å². The number of carbonyl (C=O) groups excluding carboxylic acids is 2. The molecule has 0 atom stereocenters. The number of nitrogens with two attached hydrogens (primary N) is 1. The molecule has 0 radical (unpaired) electrons. The molecule has 0 aromatic carbocycles. The quantitative estimate of drug-likeness (QED) is 0.544. The summed E-state index contributed by atoms with van der Waals surface area (Å²) in [6, 6.07) is 0. The SMILES string of the molecule is NC(=O)COCCNC(=O)CC1(C(=O)O)CCCCC1. The van der Waals surface area contributed by atoms with Crippen LogP contribution in [0.1, 0.15) is 38.5 Å². The van der Waals surface area contributed by atoms with Gasteiger partial charge in [0.2, 0.25) is 11.8 Å². The fraction of sp³-hybridized carbons (Fsp3) is 0.769. The molecule has 7 heteroatoms. The van der Waals surface area contributed by atoms with Crippen molar-refractivity contribution in [2.75, 3.05) is 19.8 Å². The fourth-order valence-corrected chi connectivity index (χ4v) is 2.50. The molecular formula is C13H22N2O5. The summed E-state index contributed by atoms with van der Waals surface area (Å²) >= 11 is 0. The lowest BCUT2D eigenvalue weighted by Crippen LogP contribution is -2.40. The van der Waals surface area contributed by atoms with Crippen molar-refractivity contribution in [3.8, 4) is 0 Å². The van der Waals surface area contributed by atoms with E-state index in [9.17, 15) is 19.5 Å². The molecule has 0 aromatic heterocycles. The molecule has 1 saturated carbocycles. The van der Waals surface area contributed by atoms with Crippen molar-refractivity contribution in [2.45, 2.75) is 38.5 Å². The van der Waals surface area contributed by atoms with Gasteiger partial charge in [0.1, 0.15) is 6.61 Å². The maximum absolute atomic E-state index is 11.8. The maximum atomic E-state index is 11.8. The van der Waals surface area contributed by atoms with Crippen molar-refractivity contribution in [1.82, 2.24) is 5.32 Å². The average Bonchev–Trinajstić information content (AvgIpc) is 2.38. The van der Waals surface area contributed by atoms with Crippen LogP contribution in [0.3, 0.4) is 0 Å². The van der Waals surface area contributed by atoms with Crippen LogP contribution in [0.15, 0.2) is 0 Å². The second-order valence-corrected chi connectivity index (χ2v) is 5.19. The summed E-state index contributed by atoms with van der Waals surface area (Å²) in [7, 11) is 0. The minimum Gasteiger partial charge on any atom is -0.481 e.